The number of nitrogens with zero attached hydrogens (tertiary/aromatic N) is 2. The maximum absolute atomic E-state index is 12.5. The number of hydrogen-bond donors (Lipinski definition) is 3. The number of benzene rings is 1. The number of β-amino-alcohol motifs (C(OH)–C–C–N with tert-alkyl or cyclic N) is 1. The molecule has 2 unspecified atom stereocenters. The van der Waals surface area contributed by atoms with Crippen molar-refractivity contribution < 1.29 is 14.4 Å². The second-order valence-corrected chi connectivity index (χ2v) is 6.35. The van der Waals surface area contributed by atoms with Crippen LogP contribution in [0.15, 0.2) is 28.8 Å². The van der Waals surface area contributed by atoms with E-state index in [1.807, 2.05) is 19.9 Å². The highest BCUT2D eigenvalue weighted by atomic mass is 35.5. The van der Waals surface area contributed by atoms with Crippen molar-refractivity contribution in [1.82, 2.24) is 20.8 Å². The van der Waals surface area contributed by atoms with Crippen molar-refractivity contribution in [2.24, 2.45) is 5.92 Å². The average molecular weight is 367 g/mol. The Kier molecular flexibility index (Phi) is 6.52. The number of carbonyl (C=O) groups is 1. The van der Waals surface area contributed by atoms with E-state index >= 15 is 0 Å². The quantitative estimate of drug-likeness (QED) is 0.743. The molecule has 136 valence electrons. The van der Waals surface area contributed by atoms with E-state index in [0.717, 1.165) is 0 Å². The van der Waals surface area contributed by atoms with Crippen molar-refractivity contribution in [2.75, 3.05) is 19.6 Å². The summed E-state index contributed by atoms with van der Waals surface area (Å²) in [5, 5.41) is 19.7. The number of aromatic nitrogens is 2. The number of aliphatic hydroxyl groups is 1. The molecule has 0 aliphatic carbocycles. The van der Waals surface area contributed by atoms with Gasteiger partial charge in [0.05, 0.1) is 17.2 Å². The van der Waals surface area contributed by atoms with Crippen LogP contribution >= 0.6 is 12.4 Å². The van der Waals surface area contributed by atoms with E-state index < -0.39 is 6.10 Å². The van der Waals surface area contributed by atoms with Gasteiger partial charge in [-0.25, -0.2) is 0 Å². The maximum atomic E-state index is 12.5. The highest BCUT2D eigenvalue weighted by Gasteiger charge is 2.26. The Labute approximate surface area is 152 Å². The van der Waals surface area contributed by atoms with Gasteiger partial charge in [-0.3, -0.25) is 4.79 Å². The van der Waals surface area contributed by atoms with Gasteiger partial charge in [0.15, 0.2) is 5.82 Å². The van der Waals surface area contributed by atoms with Crippen LogP contribution < -0.4 is 10.6 Å². The van der Waals surface area contributed by atoms with E-state index in [0.29, 0.717) is 42.5 Å². The molecule has 1 saturated heterocycles. The predicted molar refractivity (Wildman–Crippen MR) is 95.8 cm³/mol. The number of rotatable bonds is 5. The smallest absolute Gasteiger partial charge is 0.258 e. The van der Waals surface area contributed by atoms with E-state index in [-0.39, 0.29) is 30.2 Å². The van der Waals surface area contributed by atoms with Crippen LogP contribution in [0, 0.1) is 5.92 Å². The summed E-state index contributed by atoms with van der Waals surface area (Å²) in [5.74, 6) is 0.915. The minimum atomic E-state index is -0.426. The third-order valence-corrected chi connectivity index (χ3v) is 4.19. The van der Waals surface area contributed by atoms with Crippen molar-refractivity contribution >= 4 is 18.3 Å². The zero-order valence-electron chi connectivity index (χ0n) is 14.2. The molecule has 0 spiro atoms. The molecule has 2 aromatic rings. The molecule has 2 heterocycles. The zero-order valence-corrected chi connectivity index (χ0v) is 15.0. The third kappa shape index (κ3) is 4.36. The summed E-state index contributed by atoms with van der Waals surface area (Å²) < 4.78 is 5.31. The Morgan fingerprint density at radius 3 is 2.80 bits per heavy atom. The molecule has 3 rings (SSSR count). The second-order valence-electron chi connectivity index (χ2n) is 6.35. The number of hydrogen-bond acceptors (Lipinski definition) is 6. The molecule has 25 heavy (non-hydrogen) atoms. The lowest BCUT2D eigenvalue weighted by Crippen LogP contribution is -2.34. The monoisotopic (exact) mass is 366 g/mol. The van der Waals surface area contributed by atoms with Crippen molar-refractivity contribution in [3.63, 3.8) is 0 Å². The molecule has 1 aliphatic rings. The van der Waals surface area contributed by atoms with E-state index in [9.17, 15) is 9.90 Å². The summed E-state index contributed by atoms with van der Waals surface area (Å²) in [6, 6.07) is 7.14. The highest BCUT2D eigenvalue weighted by Crippen LogP contribution is 2.23. The molecule has 1 amide bonds. The molecule has 2 atom stereocenters. The molecule has 0 saturated carbocycles. The first-order valence-corrected chi connectivity index (χ1v) is 8.16. The summed E-state index contributed by atoms with van der Waals surface area (Å²) in [7, 11) is 0. The molecule has 1 fully saturated rings. The first-order chi connectivity index (χ1) is 11.6. The fourth-order valence-corrected chi connectivity index (χ4v) is 2.69. The molecule has 8 heteroatoms. The number of nitrogens with one attached hydrogen (secondary N) is 2. The SMILES string of the molecule is CC(C)c1noc(-c2ccccc2C(=O)NCC2CNCC2O)n1.Cl. The van der Waals surface area contributed by atoms with Gasteiger partial charge in [-0.05, 0) is 12.1 Å². The maximum Gasteiger partial charge on any atom is 0.258 e. The van der Waals surface area contributed by atoms with Gasteiger partial charge < -0.3 is 20.3 Å². The molecule has 3 N–H and O–H groups in total. The van der Waals surface area contributed by atoms with Crippen molar-refractivity contribution in [3.8, 4) is 11.5 Å². The van der Waals surface area contributed by atoms with Crippen LogP contribution in [0.5, 0.6) is 0 Å². The van der Waals surface area contributed by atoms with Crippen molar-refractivity contribution in [2.45, 2.75) is 25.9 Å². The second kappa shape index (κ2) is 8.42. The molecular weight excluding hydrogens is 344 g/mol. The Bertz CT molecular complexity index is 719. The minimum Gasteiger partial charge on any atom is -0.391 e. The molecule has 7 nitrogen and oxygen atoms in total. The van der Waals surface area contributed by atoms with Crippen molar-refractivity contribution in [3.05, 3.63) is 35.7 Å². The van der Waals surface area contributed by atoms with Crippen LogP contribution in [0.25, 0.3) is 11.5 Å². The molecule has 0 radical (unpaired) electrons. The molecule has 1 aliphatic heterocycles. The lowest BCUT2D eigenvalue weighted by atomic mass is 10.0. The predicted octanol–water partition coefficient (Wildman–Crippen LogP) is 1.59. The van der Waals surface area contributed by atoms with Crippen LogP contribution in [0.2, 0.25) is 0 Å². The van der Waals surface area contributed by atoms with Crippen molar-refractivity contribution in [1.29, 1.82) is 0 Å². The first kappa shape index (κ1) is 19.4. The molecule has 1 aromatic heterocycles. The Balaban J connectivity index is 0.00000225. The number of carbonyl (C=O) groups excluding carboxylic acids is 1. The normalized spacial score (nSPS) is 19.7. The minimum absolute atomic E-state index is 0. The fraction of sp³-hybridized carbons (Fsp3) is 0.471. The summed E-state index contributed by atoms with van der Waals surface area (Å²) in [4.78, 5) is 16.9. The lowest BCUT2D eigenvalue weighted by Gasteiger charge is -2.14. The van der Waals surface area contributed by atoms with E-state index in [1.165, 1.54) is 0 Å². The summed E-state index contributed by atoms with van der Waals surface area (Å²) in [5.41, 5.74) is 1.09. The Morgan fingerprint density at radius 1 is 1.40 bits per heavy atom. The van der Waals surface area contributed by atoms with Gasteiger partial charge in [-0.1, -0.05) is 31.1 Å². The standard InChI is InChI=1S/C17H22N4O3.ClH/c1-10(2)15-20-17(24-21-15)13-6-4-3-5-12(13)16(23)19-8-11-7-18-9-14(11)22;/h3-6,10-11,14,18,22H,7-9H2,1-2H3,(H,19,23);1H. The number of aliphatic hydroxyl groups excluding tert-OH is 1. The van der Waals surface area contributed by atoms with Gasteiger partial charge >= 0.3 is 0 Å². The van der Waals surface area contributed by atoms with Gasteiger partial charge in [0.1, 0.15) is 0 Å². The Hall–Kier alpha value is -1.96. The number of amides is 1. The van der Waals surface area contributed by atoms with Crippen LogP contribution in [-0.2, 0) is 0 Å². The van der Waals surface area contributed by atoms with Gasteiger partial charge in [0.25, 0.3) is 11.8 Å². The lowest BCUT2D eigenvalue weighted by molar-refractivity contribution is 0.0927. The Morgan fingerprint density at radius 2 is 2.16 bits per heavy atom. The van der Waals surface area contributed by atoms with Gasteiger partial charge in [0, 0.05) is 31.5 Å². The van der Waals surface area contributed by atoms with E-state index in [4.69, 9.17) is 4.52 Å². The molecule has 0 bridgehead atoms. The van der Waals surface area contributed by atoms with Gasteiger partial charge in [-0.2, -0.15) is 4.98 Å². The number of halogens is 1. The summed E-state index contributed by atoms with van der Waals surface area (Å²) in [6.45, 7) is 5.65. The highest BCUT2D eigenvalue weighted by molar-refractivity contribution is 5.99. The fourth-order valence-electron chi connectivity index (χ4n) is 2.69. The van der Waals surface area contributed by atoms with Crippen LogP contribution in [0.1, 0.15) is 35.9 Å². The zero-order chi connectivity index (χ0) is 17.1. The topological polar surface area (TPSA) is 100 Å². The van der Waals surface area contributed by atoms with Gasteiger partial charge in [-0.15, -0.1) is 12.4 Å². The van der Waals surface area contributed by atoms with E-state index in [2.05, 4.69) is 20.8 Å². The first-order valence-electron chi connectivity index (χ1n) is 8.16. The average Bonchev–Trinajstić information content (AvgIpc) is 3.22. The summed E-state index contributed by atoms with van der Waals surface area (Å²) in [6.07, 6.45) is -0.426. The summed E-state index contributed by atoms with van der Waals surface area (Å²) >= 11 is 0. The van der Waals surface area contributed by atoms with Crippen LogP contribution in [0.3, 0.4) is 0 Å². The third-order valence-electron chi connectivity index (χ3n) is 4.19. The van der Waals surface area contributed by atoms with Crippen LogP contribution in [0.4, 0.5) is 0 Å². The largest absolute Gasteiger partial charge is 0.391 e. The molecule has 1 aromatic carbocycles. The van der Waals surface area contributed by atoms with Gasteiger partial charge in [0.2, 0.25) is 0 Å². The molecular formula is C17H23ClN4O3. The van der Waals surface area contributed by atoms with Crippen LogP contribution in [-0.4, -0.2) is 46.9 Å². The van der Waals surface area contributed by atoms with E-state index in [1.54, 1.807) is 18.2 Å².